The van der Waals surface area contributed by atoms with Gasteiger partial charge in [0.1, 0.15) is 10.3 Å². The van der Waals surface area contributed by atoms with Crippen molar-refractivity contribution in [2.45, 2.75) is 30.1 Å². The van der Waals surface area contributed by atoms with E-state index in [1.165, 1.54) is 4.31 Å². The van der Waals surface area contributed by atoms with Gasteiger partial charge < -0.3 is 5.32 Å². The first-order valence-corrected chi connectivity index (χ1v) is 11.3. The van der Waals surface area contributed by atoms with Crippen LogP contribution in [-0.2, 0) is 27.8 Å². The van der Waals surface area contributed by atoms with Crippen molar-refractivity contribution in [3.63, 3.8) is 0 Å². The summed E-state index contributed by atoms with van der Waals surface area (Å²) in [7, 11) is -3.76. The SMILES string of the molecule is Cc1ccc(NC(=O)[C@H]2Cc3ccccc3CN2S(=O)(=O)c2cccs2)cc1. The Bertz CT molecular complexity index is 1090. The second-order valence-electron chi connectivity index (χ2n) is 6.83. The van der Waals surface area contributed by atoms with Gasteiger partial charge in [-0.05, 0) is 48.1 Å². The third kappa shape index (κ3) is 3.61. The van der Waals surface area contributed by atoms with E-state index < -0.39 is 16.1 Å². The van der Waals surface area contributed by atoms with Crippen molar-refractivity contribution in [2.24, 2.45) is 0 Å². The lowest BCUT2D eigenvalue weighted by atomic mass is 9.95. The Balaban J connectivity index is 1.69. The summed E-state index contributed by atoms with van der Waals surface area (Å²) >= 11 is 1.16. The molecule has 0 saturated heterocycles. The Morgan fingerprint density at radius 2 is 1.75 bits per heavy atom. The maximum Gasteiger partial charge on any atom is 0.253 e. The van der Waals surface area contributed by atoms with Gasteiger partial charge in [0.25, 0.3) is 10.0 Å². The molecule has 0 radical (unpaired) electrons. The highest BCUT2D eigenvalue weighted by Gasteiger charge is 2.40. The summed E-state index contributed by atoms with van der Waals surface area (Å²) in [6.45, 7) is 2.15. The monoisotopic (exact) mass is 412 g/mol. The van der Waals surface area contributed by atoms with Crippen molar-refractivity contribution in [3.8, 4) is 0 Å². The Labute approximate surface area is 168 Å². The van der Waals surface area contributed by atoms with Gasteiger partial charge in [-0.1, -0.05) is 48.0 Å². The number of carbonyl (C=O) groups is 1. The fourth-order valence-corrected chi connectivity index (χ4v) is 6.05. The standard InChI is InChI=1S/C21H20N2O3S2/c1-15-8-10-18(11-9-15)22-21(24)19-13-16-5-2-3-6-17(16)14-23(19)28(25,26)20-7-4-12-27-20/h2-12,19H,13-14H2,1H3,(H,22,24)/t19-/m1/s1. The summed E-state index contributed by atoms with van der Waals surface area (Å²) in [6.07, 6.45) is 0.346. The van der Waals surface area contributed by atoms with E-state index in [4.69, 9.17) is 0 Å². The summed E-state index contributed by atoms with van der Waals surface area (Å²) in [5.74, 6) is -0.321. The molecule has 0 bridgehead atoms. The highest BCUT2D eigenvalue weighted by molar-refractivity contribution is 7.91. The van der Waals surface area contributed by atoms with Crippen LogP contribution in [0, 0.1) is 6.92 Å². The zero-order valence-electron chi connectivity index (χ0n) is 15.3. The number of aryl methyl sites for hydroxylation is 1. The van der Waals surface area contributed by atoms with E-state index in [-0.39, 0.29) is 16.7 Å². The van der Waals surface area contributed by atoms with Crippen molar-refractivity contribution < 1.29 is 13.2 Å². The molecule has 7 heteroatoms. The zero-order chi connectivity index (χ0) is 19.7. The Morgan fingerprint density at radius 1 is 1.04 bits per heavy atom. The van der Waals surface area contributed by atoms with E-state index in [9.17, 15) is 13.2 Å². The van der Waals surface area contributed by atoms with Gasteiger partial charge in [-0.25, -0.2) is 8.42 Å². The number of anilines is 1. The molecule has 2 aromatic carbocycles. The predicted octanol–water partition coefficient (Wildman–Crippen LogP) is 3.81. The maximum atomic E-state index is 13.2. The molecule has 1 aliphatic heterocycles. The van der Waals surface area contributed by atoms with Crippen LogP contribution in [0.25, 0.3) is 0 Å². The largest absolute Gasteiger partial charge is 0.325 e. The first-order valence-electron chi connectivity index (χ1n) is 8.95. The molecular formula is C21H20N2O3S2. The number of nitrogens with zero attached hydrogens (tertiary/aromatic N) is 1. The normalized spacial score (nSPS) is 17.1. The van der Waals surface area contributed by atoms with Crippen molar-refractivity contribution in [2.75, 3.05) is 5.32 Å². The molecule has 1 aromatic heterocycles. The third-order valence-electron chi connectivity index (χ3n) is 4.89. The van der Waals surface area contributed by atoms with Crippen LogP contribution in [0.5, 0.6) is 0 Å². The lowest BCUT2D eigenvalue weighted by molar-refractivity contribution is -0.120. The Kier molecular flexibility index (Phi) is 5.05. The number of fused-ring (bicyclic) bond motifs is 1. The number of amides is 1. The molecular weight excluding hydrogens is 392 g/mol. The summed E-state index contributed by atoms with van der Waals surface area (Å²) < 4.78 is 28.0. The van der Waals surface area contributed by atoms with E-state index in [0.717, 1.165) is 28.0 Å². The molecule has 1 N–H and O–H groups in total. The molecule has 0 aliphatic carbocycles. The molecule has 2 heterocycles. The molecule has 0 fully saturated rings. The first-order chi connectivity index (χ1) is 13.4. The molecule has 3 aromatic rings. The number of benzene rings is 2. The second kappa shape index (κ2) is 7.50. The minimum Gasteiger partial charge on any atom is -0.325 e. The quantitative estimate of drug-likeness (QED) is 0.709. The number of rotatable bonds is 4. The molecule has 0 saturated carbocycles. The van der Waals surface area contributed by atoms with Crippen molar-refractivity contribution >= 4 is 33.0 Å². The molecule has 144 valence electrons. The minimum absolute atomic E-state index is 0.183. The van der Waals surface area contributed by atoms with Crippen LogP contribution < -0.4 is 5.32 Å². The van der Waals surface area contributed by atoms with Crippen LogP contribution in [0.2, 0.25) is 0 Å². The third-order valence-corrected chi connectivity index (χ3v) is 8.11. The van der Waals surface area contributed by atoms with Crippen LogP contribution >= 0.6 is 11.3 Å². The van der Waals surface area contributed by atoms with E-state index in [0.29, 0.717) is 12.1 Å². The molecule has 5 nitrogen and oxygen atoms in total. The average Bonchev–Trinajstić information content (AvgIpc) is 3.24. The number of sulfonamides is 1. The molecule has 28 heavy (non-hydrogen) atoms. The van der Waals surface area contributed by atoms with Crippen molar-refractivity contribution in [1.82, 2.24) is 4.31 Å². The molecule has 4 rings (SSSR count). The van der Waals surface area contributed by atoms with Gasteiger partial charge in [0, 0.05) is 12.2 Å². The van der Waals surface area contributed by atoms with Crippen molar-refractivity contribution in [1.29, 1.82) is 0 Å². The number of nitrogens with one attached hydrogen (secondary N) is 1. The molecule has 1 aliphatic rings. The molecule has 0 spiro atoms. The summed E-state index contributed by atoms with van der Waals surface area (Å²) in [5, 5.41) is 4.60. The summed E-state index contributed by atoms with van der Waals surface area (Å²) in [4.78, 5) is 13.1. The summed E-state index contributed by atoms with van der Waals surface area (Å²) in [6, 6.07) is 17.6. The molecule has 1 amide bonds. The number of hydrogen-bond acceptors (Lipinski definition) is 4. The van der Waals surface area contributed by atoms with Gasteiger partial charge in [0.15, 0.2) is 0 Å². The number of thiophene rings is 1. The highest BCUT2D eigenvalue weighted by Crippen LogP contribution is 2.31. The van der Waals surface area contributed by atoms with Crippen LogP contribution in [0.15, 0.2) is 70.3 Å². The molecule has 1 atom stereocenters. The summed E-state index contributed by atoms with van der Waals surface area (Å²) in [5.41, 5.74) is 3.68. The predicted molar refractivity (Wildman–Crippen MR) is 111 cm³/mol. The van der Waals surface area contributed by atoms with Crippen LogP contribution in [0.3, 0.4) is 0 Å². The van der Waals surface area contributed by atoms with Crippen LogP contribution in [0.1, 0.15) is 16.7 Å². The van der Waals surface area contributed by atoms with Gasteiger partial charge in [-0.2, -0.15) is 4.31 Å². The Hall–Kier alpha value is -2.48. The molecule has 0 unspecified atom stereocenters. The van der Waals surface area contributed by atoms with Gasteiger partial charge in [-0.3, -0.25) is 4.79 Å². The Morgan fingerprint density at radius 3 is 2.43 bits per heavy atom. The minimum atomic E-state index is -3.76. The van der Waals surface area contributed by atoms with Gasteiger partial charge in [-0.15, -0.1) is 11.3 Å². The van der Waals surface area contributed by atoms with Crippen molar-refractivity contribution in [3.05, 3.63) is 82.7 Å². The van der Waals surface area contributed by atoms with E-state index in [1.54, 1.807) is 17.5 Å². The zero-order valence-corrected chi connectivity index (χ0v) is 17.0. The average molecular weight is 413 g/mol. The van der Waals surface area contributed by atoms with E-state index >= 15 is 0 Å². The van der Waals surface area contributed by atoms with Crippen LogP contribution in [0.4, 0.5) is 5.69 Å². The smallest absolute Gasteiger partial charge is 0.253 e. The highest BCUT2D eigenvalue weighted by atomic mass is 32.2. The van der Waals surface area contributed by atoms with E-state index in [2.05, 4.69) is 5.32 Å². The number of carbonyl (C=O) groups excluding carboxylic acids is 1. The first kappa shape index (κ1) is 18.9. The van der Waals surface area contributed by atoms with Gasteiger partial charge in [0.05, 0.1) is 0 Å². The lowest BCUT2D eigenvalue weighted by Gasteiger charge is -2.34. The van der Waals surface area contributed by atoms with Gasteiger partial charge >= 0.3 is 0 Å². The number of hydrogen-bond donors (Lipinski definition) is 1. The van der Waals surface area contributed by atoms with Gasteiger partial charge in [0.2, 0.25) is 5.91 Å². The fraction of sp³-hybridized carbons (Fsp3) is 0.190. The maximum absolute atomic E-state index is 13.2. The lowest BCUT2D eigenvalue weighted by Crippen LogP contribution is -2.50. The fourth-order valence-electron chi connectivity index (χ4n) is 3.36. The second-order valence-corrected chi connectivity index (χ2v) is 9.89. The van der Waals surface area contributed by atoms with Crippen LogP contribution in [-0.4, -0.2) is 24.7 Å². The topological polar surface area (TPSA) is 66.5 Å². The van der Waals surface area contributed by atoms with E-state index in [1.807, 2.05) is 55.5 Å².